The van der Waals surface area contributed by atoms with Crippen LogP contribution in [0.2, 0.25) is 0 Å². The van der Waals surface area contributed by atoms with Gasteiger partial charge in [-0.1, -0.05) is 6.07 Å². The Labute approximate surface area is 75.2 Å². The lowest BCUT2D eigenvalue weighted by Crippen LogP contribution is -2.28. The van der Waals surface area contributed by atoms with Crippen LogP contribution in [0.1, 0.15) is 4.88 Å². The van der Waals surface area contributed by atoms with Crippen molar-refractivity contribution in [1.29, 1.82) is 0 Å². The smallest absolute Gasteiger partial charge is 0.248 e. The van der Waals surface area contributed by atoms with Gasteiger partial charge in [0.25, 0.3) is 0 Å². The molecule has 3 nitrogen and oxygen atoms in total. The first-order valence-electron chi connectivity index (χ1n) is 3.61. The van der Waals surface area contributed by atoms with Crippen LogP contribution in [0.5, 0.6) is 0 Å². The van der Waals surface area contributed by atoms with E-state index in [2.05, 4.69) is 0 Å². The Hall–Kier alpha value is -0.870. The molecule has 0 saturated carbocycles. The minimum absolute atomic E-state index is 0.247. The van der Waals surface area contributed by atoms with Gasteiger partial charge >= 0.3 is 0 Å². The van der Waals surface area contributed by atoms with Crippen molar-refractivity contribution < 1.29 is 9.90 Å². The third-order valence-electron chi connectivity index (χ3n) is 1.53. The lowest BCUT2D eigenvalue weighted by atomic mass is 10.4. The molecule has 1 aromatic rings. The van der Waals surface area contributed by atoms with Gasteiger partial charge in [-0.3, -0.25) is 4.79 Å². The molecule has 0 unspecified atom stereocenters. The van der Waals surface area contributed by atoms with Crippen LogP contribution in [-0.2, 0) is 11.3 Å². The SMILES string of the molecule is CN(Cc1cccs1)C(=O)CO. The predicted molar refractivity (Wildman–Crippen MR) is 47.9 cm³/mol. The Bertz CT molecular complexity index is 246. The number of hydrogen-bond acceptors (Lipinski definition) is 3. The summed E-state index contributed by atoms with van der Waals surface area (Å²) >= 11 is 1.60. The monoisotopic (exact) mass is 185 g/mol. The summed E-state index contributed by atoms with van der Waals surface area (Å²) in [5.74, 6) is -0.247. The number of thiophene rings is 1. The minimum Gasteiger partial charge on any atom is -0.387 e. The highest BCUT2D eigenvalue weighted by atomic mass is 32.1. The van der Waals surface area contributed by atoms with Crippen LogP contribution in [0.3, 0.4) is 0 Å². The topological polar surface area (TPSA) is 40.5 Å². The van der Waals surface area contributed by atoms with E-state index in [0.29, 0.717) is 6.54 Å². The largest absolute Gasteiger partial charge is 0.387 e. The summed E-state index contributed by atoms with van der Waals surface area (Å²) in [4.78, 5) is 13.5. The highest BCUT2D eigenvalue weighted by Gasteiger charge is 2.06. The Balaban J connectivity index is 2.47. The lowest BCUT2D eigenvalue weighted by Gasteiger charge is -2.13. The van der Waals surface area contributed by atoms with Gasteiger partial charge in [0, 0.05) is 11.9 Å². The molecule has 0 aliphatic rings. The molecule has 1 rings (SSSR count). The summed E-state index contributed by atoms with van der Waals surface area (Å²) in [5, 5.41) is 10.5. The summed E-state index contributed by atoms with van der Waals surface area (Å²) < 4.78 is 0. The molecule has 0 spiro atoms. The first-order valence-corrected chi connectivity index (χ1v) is 4.49. The van der Waals surface area contributed by atoms with E-state index in [1.165, 1.54) is 4.90 Å². The van der Waals surface area contributed by atoms with Crippen molar-refractivity contribution in [3.63, 3.8) is 0 Å². The van der Waals surface area contributed by atoms with Crippen molar-refractivity contribution in [3.05, 3.63) is 22.4 Å². The van der Waals surface area contributed by atoms with Crippen molar-refractivity contribution in [2.24, 2.45) is 0 Å². The normalized spacial score (nSPS) is 9.83. The maximum absolute atomic E-state index is 10.9. The van der Waals surface area contributed by atoms with Gasteiger partial charge in [-0.2, -0.15) is 0 Å². The average Bonchev–Trinajstić information content (AvgIpc) is 2.55. The summed E-state index contributed by atoms with van der Waals surface area (Å²) in [7, 11) is 1.68. The number of carbonyl (C=O) groups is 1. The van der Waals surface area contributed by atoms with E-state index in [1.54, 1.807) is 18.4 Å². The van der Waals surface area contributed by atoms with Gasteiger partial charge in [0.15, 0.2) is 0 Å². The molecular formula is C8H11NO2S. The Kier molecular flexibility index (Phi) is 3.25. The lowest BCUT2D eigenvalue weighted by molar-refractivity contribution is -0.133. The summed E-state index contributed by atoms with van der Waals surface area (Å²) in [6, 6.07) is 3.91. The third kappa shape index (κ3) is 2.32. The quantitative estimate of drug-likeness (QED) is 0.753. The average molecular weight is 185 g/mol. The molecular weight excluding hydrogens is 174 g/mol. The molecule has 1 heterocycles. The molecule has 0 bridgehead atoms. The van der Waals surface area contributed by atoms with Crippen molar-refractivity contribution in [2.45, 2.75) is 6.54 Å². The number of likely N-dealkylation sites (N-methyl/N-ethyl adjacent to an activating group) is 1. The third-order valence-corrected chi connectivity index (χ3v) is 2.40. The number of aliphatic hydroxyl groups excluding tert-OH is 1. The molecule has 0 aliphatic carbocycles. The van der Waals surface area contributed by atoms with E-state index < -0.39 is 6.61 Å². The standard InChI is InChI=1S/C8H11NO2S/c1-9(8(11)6-10)5-7-3-2-4-12-7/h2-4,10H,5-6H2,1H3. The number of nitrogens with zero attached hydrogens (tertiary/aromatic N) is 1. The summed E-state index contributed by atoms with van der Waals surface area (Å²) in [6.45, 7) is 0.166. The molecule has 0 fully saturated rings. The van der Waals surface area contributed by atoms with Gasteiger partial charge in [-0.25, -0.2) is 0 Å². The summed E-state index contributed by atoms with van der Waals surface area (Å²) in [6.07, 6.45) is 0. The van der Waals surface area contributed by atoms with E-state index in [-0.39, 0.29) is 5.91 Å². The molecule has 1 amide bonds. The van der Waals surface area contributed by atoms with Crippen molar-refractivity contribution >= 4 is 17.2 Å². The Morgan fingerprint density at radius 3 is 3.00 bits per heavy atom. The molecule has 1 aromatic heterocycles. The minimum atomic E-state index is -0.415. The van der Waals surface area contributed by atoms with Gasteiger partial charge < -0.3 is 10.0 Å². The van der Waals surface area contributed by atoms with Crippen molar-refractivity contribution in [1.82, 2.24) is 4.90 Å². The number of hydrogen-bond donors (Lipinski definition) is 1. The van der Waals surface area contributed by atoms with Crippen LogP contribution in [-0.4, -0.2) is 29.6 Å². The van der Waals surface area contributed by atoms with Crippen LogP contribution in [0.4, 0.5) is 0 Å². The van der Waals surface area contributed by atoms with E-state index in [1.807, 2.05) is 17.5 Å². The maximum atomic E-state index is 10.9. The second-order valence-electron chi connectivity index (χ2n) is 2.49. The Morgan fingerprint density at radius 2 is 2.50 bits per heavy atom. The van der Waals surface area contributed by atoms with E-state index in [4.69, 9.17) is 5.11 Å². The van der Waals surface area contributed by atoms with Crippen molar-refractivity contribution in [2.75, 3.05) is 13.7 Å². The molecule has 1 N–H and O–H groups in total. The van der Waals surface area contributed by atoms with Gasteiger partial charge in [0.1, 0.15) is 6.61 Å². The fraction of sp³-hybridized carbons (Fsp3) is 0.375. The molecule has 0 aliphatic heterocycles. The highest BCUT2D eigenvalue weighted by molar-refractivity contribution is 7.09. The van der Waals surface area contributed by atoms with Crippen LogP contribution in [0.25, 0.3) is 0 Å². The zero-order valence-corrected chi connectivity index (χ0v) is 7.67. The van der Waals surface area contributed by atoms with E-state index in [0.717, 1.165) is 4.88 Å². The Morgan fingerprint density at radius 1 is 1.75 bits per heavy atom. The maximum Gasteiger partial charge on any atom is 0.248 e. The molecule has 66 valence electrons. The fourth-order valence-corrected chi connectivity index (χ4v) is 1.60. The van der Waals surface area contributed by atoms with Crippen LogP contribution >= 0.6 is 11.3 Å². The fourth-order valence-electron chi connectivity index (χ4n) is 0.845. The first kappa shape index (κ1) is 9.22. The predicted octanol–water partition coefficient (Wildman–Crippen LogP) is 0.699. The van der Waals surface area contributed by atoms with Gasteiger partial charge in [-0.15, -0.1) is 11.3 Å². The van der Waals surface area contributed by atoms with Crippen LogP contribution in [0.15, 0.2) is 17.5 Å². The van der Waals surface area contributed by atoms with Crippen LogP contribution in [0, 0.1) is 0 Å². The van der Waals surface area contributed by atoms with E-state index >= 15 is 0 Å². The first-order chi connectivity index (χ1) is 5.74. The molecule has 0 atom stereocenters. The zero-order valence-electron chi connectivity index (χ0n) is 6.86. The van der Waals surface area contributed by atoms with Crippen LogP contribution < -0.4 is 0 Å². The number of aliphatic hydroxyl groups is 1. The second kappa shape index (κ2) is 4.23. The zero-order chi connectivity index (χ0) is 8.97. The van der Waals surface area contributed by atoms with Gasteiger partial charge in [0.05, 0.1) is 6.54 Å². The molecule has 0 radical (unpaired) electrons. The number of rotatable bonds is 3. The van der Waals surface area contributed by atoms with Crippen molar-refractivity contribution in [3.8, 4) is 0 Å². The van der Waals surface area contributed by atoms with Gasteiger partial charge in [0.2, 0.25) is 5.91 Å². The van der Waals surface area contributed by atoms with E-state index in [9.17, 15) is 4.79 Å². The molecule has 12 heavy (non-hydrogen) atoms. The number of carbonyl (C=O) groups excluding carboxylic acids is 1. The molecule has 4 heteroatoms. The second-order valence-corrected chi connectivity index (χ2v) is 3.52. The molecule has 0 saturated heterocycles. The summed E-state index contributed by atoms with van der Waals surface area (Å²) in [5.41, 5.74) is 0. The van der Waals surface area contributed by atoms with Gasteiger partial charge in [-0.05, 0) is 11.4 Å². The molecule has 0 aromatic carbocycles. The number of amides is 1. The highest BCUT2D eigenvalue weighted by Crippen LogP contribution is 2.10.